The maximum absolute atomic E-state index is 13.4. The molecule has 28 heteroatoms. The molecule has 0 N–H and O–H groups in total. The first-order valence-electron chi connectivity index (χ1n) is 39.9. The molecule has 0 bridgehead atoms. The molecule has 612 valence electrons. The zero-order valence-electron chi connectivity index (χ0n) is 67.1. The fraction of sp³-hybridized carbons (Fsp3) is 0.333. The predicted molar refractivity (Wildman–Crippen MR) is 461 cm³/mol. The van der Waals surface area contributed by atoms with Crippen LogP contribution >= 0.6 is 46.1 Å². The number of benzene rings is 8. The van der Waals surface area contributed by atoms with Crippen molar-refractivity contribution < 1.29 is 36.7 Å². The van der Waals surface area contributed by atoms with Crippen molar-refractivity contribution in [3.05, 3.63) is 308 Å². The number of piperazine rings is 4. The molecule has 16 rings (SSSR count). The van der Waals surface area contributed by atoms with E-state index in [4.69, 9.17) is 4.98 Å². The van der Waals surface area contributed by atoms with Gasteiger partial charge in [0.25, 0.3) is 23.6 Å². The average Bonchev–Trinajstić information content (AvgIpc) is 1.42. The van der Waals surface area contributed by atoms with E-state index < -0.39 is 5.82 Å². The summed E-state index contributed by atoms with van der Waals surface area (Å²) in [4.78, 5) is 85.9. The molecule has 4 aliphatic rings. The van der Waals surface area contributed by atoms with Gasteiger partial charge in [0.05, 0.1) is 0 Å². The van der Waals surface area contributed by atoms with Gasteiger partial charge in [-0.1, -0.05) is 149 Å². The smallest absolute Gasteiger partial charge is 0.254 e. The van der Waals surface area contributed by atoms with Crippen LogP contribution in [-0.4, -0.2) is 185 Å². The van der Waals surface area contributed by atoms with Crippen molar-refractivity contribution in [1.82, 2.24) is 57.0 Å². The summed E-state index contributed by atoms with van der Waals surface area (Å²) in [7, 11) is 0. The average molecular weight is 1670 g/mol. The third-order valence-electron chi connectivity index (χ3n) is 20.9. The Hall–Kier alpha value is -11.2. The number of rotatable bonds is 19. The molecule has 0 saturated carbocycles. The van der Waals surface area contributed by atoms with Gasteiger partial charge in [0.2, 0.25) is 20.5 Å². The molecule has 1 unspecified atom stereocenters. The van der Waals surface area contributed by atoms with Crippen LogP contribution in [0.3, 0.4) is 0 Å². The van der Waals surface area contributed by atoms with E-state index in [9.17, 15) is 36.7 Å². The summed E-state index contributed by atoms with van der Waals surface area (Å²) in [6.45, 7) is 23.2. The number of aryl methyl sites for hydroxylation is 2. The van der Waals surface area contributed by atoms with E-state index in [1.165, 1.54) is 130 Å². The van der Waals surface area contributed by atoms with E-state index in [2.05, 4.69) is 123 Å². The Bertz CT molecular complexity index is 5240. The van der Waals surface area contributed by atoms with Crippen LogP contribution in [0.2, 0.25) is 0 Å². The Morgan fingerprint density at radius 2 is 0.712 bits per heavy atom. The van der Waals surface area contributed by atoms with Crippen LogP contribution in [0.5, 0.6) is 0 Å². The molecular weight excluding hydrogens is 1570 g/mol. The van der Waals surface area contributed by atoms with Crippen LogP contribution in [0.4, 0.5) is 38.1 Å². The third-order valence-corrected chi connectivity index (χ3v) is 24.2. The van der Waals surface area contributed by atoms with Gasteiger partial charge in [-0.05, 0) is 156 Å². The van der Waals surface area contributed by atoms with Crippen molar-refractivity contribution in [2.75, 3.05) is 118 Å². The lowest BCUT2D eigenvalue weighted by molar-refractivity contribution is 0.0671. The maximum Gasteiger partial charge on any atom is 0.254 e. The number of hydrogen-bond acceptors (Lipinski definition) is 20. The molecule has 118 heavy (non-hydrogen) atoms. The zero-order valence-corrected chi connectivity index (χ0v) is 70.4. The minimum absolute atomic E-state index is 0.0380. The topological polar surface area (TPSA) is 197 Å². The Kier molecular flexibility index (Phi) is 28.9. The summed E-state index contributed by atoms with van der Waals surface area (Å²) >= 11 is 5.53. The molecule has 1 atom stereocenters. The van der Waals surface area contributed by atoms with Crippen molar-refractivity contribution in [3.8, 4) is 0 Å². The quantitative estimate of drug-likeness (QED) is 0.0692. The molecule has 4 fully saturated rings. The standard InChI is InChI=1S/C25H30N4OS.C24H27FN4OS.C21H20F2N4OS.C20H19FN4OS/c1-3-4-5-20-10-12-22(13-11-20)24(30)28-14-16-29(17-15-28)25-26-23(27-31-25)18-21-8-6-19(2)7-9-21;1-24(2,3)19-8-6-18(7-9-19)22(30)28-12-14-29(15-13-28)23-26-21(27-31-23)16-17-4-10-20(25)11-5-17;1-14-13-26(9-10-27(14)20(28)16-3-2-4-18(23)12-16)21-24-19(25-29-21)11-15-5-7-17(22)8-6-15;21-17-8-6-15(7-9-17)14-18-22-20(27-23-18)25-12-10-24(11-13-25)19(26)16-4-2-1-3-5-16/h6-13H,3-5,14-18H2,1-2H3;4-11H,12-16H2,1-3H3;2-8,12,14H,9-11,13H2,1H3;1-9H,10-14H2. The first-order valence-corrected chi connectivity index (χ1v) is 43.0. The van der Waals surface area contributed by atoms with Gasteiger partial charge in [-0.25, -0.2) is 37.5 Å². The van der Waals surface area contributed by atoms with Crippen LogP contribution < -0.4 is 19.6 Å². The van der Waals surface area contributed by atoms with Gasteiger partial charge in [-0.3, -0.25) is 19.2 Å². The highest BCUT2D eigenvalue weighted by Gasteiger charge is 2.32. The molecule has 4 aromatic heterocycles. The predicted octanol–water partition coefficient (Wildman–Crippen LogP) is 16.3. The molecule has 4 aliphatic heterocycles. The van der Waals surface area contributed by atoms with Crippen LogP contribution in [0, 0.1) is 30.2 Å². The van der Waals surface area contributed by atoms with Gasteiger partial charge < -0.3 is 39.2 Å². The lowest BCUT2D eigenvalue weighted by atomic mass is 9.86. The van der Waals surface area contributed by atoms with Crippen molar-refractivity contribution in [1.29, 1.82) is 0 Å². The molecule has 12 aromatic rings. The van der Waals surface area contributed by atoms with Gasteiger partial charge in [-0.15, -0.1) is 0 Å². The van der Waals surface area contributed by atoms with E-state index in [0.29, 0.717) is 89.6 Å². The first-order chi connectivity index (χ1) is 57.1. The molecule has 20 nitrogen and oxygen atoms in total. The monoisotopic (exact) mass is 1670 g/mol. The van der Waals surface area contributed by atoms with E-state index in [0.717, 1.165) is 123 Å². The first kappa shape index (κ1) is 84.7. The normalized spacial score (nSPS) is 15.0. The van der Waals surface area contributed by atoms with Crippen LogP contribution in [0.15, 0.2) is 200 Å². The Morgan fingerprint density at radius 1 is 0.373 bits per heavy atom. The minimum Gasteiger partial charge on any atom is -0.343 e. The Morgan fingerprint density at radius 3 is 1.08 bits per heavy atom. The largest absolute Gasteiger partial charge is 0.343 e. The van der Waals surface area contributed by atoms with Gasteiger partial charge in [0, 0.05) is 198 Å². The molecule has 0 aliphatic carbocycles. The van der Waals surface area contributed by atoms with Crippen LogP contribution in [0.25, 0.3) is 0 Å². The van der Waals surface area contributed by atoms with Gasteiger partial charge in [0.15, 0.2) is 0 Å². The SMILES string of the molecule is CC(C)(C)c1ccc(C(=O)N2CCN(c3nc(Cc4ccc(F)cc4)ns3)CC2)cc1.CC1CN(c2nc(Cc3ccc(F)cc3)ns2)CCN1C(=O)c1cccc(F)c1.CCCCc1ccc(C(=O)N2CCN(c3nc(Cc4ccc(C)cc4)ns3)CC2)cc1.O=C(c1ccccc1)N1CCN(c2nc(Cc3ccc(F)cc3)ns2)CC1. The molecule has 0 spiro atoms. The number of hydrogen-bond donors (Lipinski definition) is 0. The zero-order chi connectivity index (χ0) is 82.7. The summed E-state index contributed by atoms with van der Waals surface area (Å²) in [6, 6.07) is 58.9. The number of unbranched alkanes of at least 4 members (excludes halogenated alkanes) is 1. The Balaban J connectivity index is 0.000000137. The summed E-state index contributed by atoms with van der Waals surface area (Å²) in [6.07, 6.45) is 5.93. The fourth-order valence-corrected chi connectivity index (χ4v) is 16.9. The van der Waals surface area contributed by atoms with Crippen molar-refractivity contribution in [2.45, 2.75) is 97.9 Å². The number of anilines is 4. The van der Waals surface area contributed by atoms with Crippen molar-refractivity contribution in [3.63, 3.8) is 0 Å². The lowest BCUT2D eigenvalue weighted by Crippen LogP contribution is -2.54. The molecule has 4 saturated heterocycles. The summed E-state index contributed by atoms with van der Waals surface area (Å²) in [5, 5.41) is 3.51. The number of carbonyl (C=O) groups is 4. The van der Waals surface area contributed by atoms with Crippen LogP contribution in [-0.2, 0) is 37.5 Å². The second-order valence-electron chi connectivity index (χ2n) is 30.7. The fourth-order valence-electron chi connectivity index (χ4n) is 14.0. The lowest BCUT2D eigenvalue weighted by Gasteiger charge is -2.39. The van der Waals surface area contributed by atoms with E-state index in [1.807, 2.05) is 88.4 Å². The molecule has 0 radical (unpaired) electrons. The molecule has 8 heterocycles. The van der Waals surface area contributed by atoms with Crippen molar-refractivity contribution >= 4 is 90.3 Å². The summed E-state index contributed by atoms with van der Waals surface area (Å²) in [5.74, 6) is 2.00. The highest BCUT2D eigenvalue weighted by molar-refractivity contribution is 7.10. The molecular formula is C90H96F4N16O4S4. The highest BCUT2D eigenvalue weighted by Crippen LogP contribution is 2.29. The number of carbonyl (C=O) groups excluding carboxylic acids is 4. The number of halogens is 4. The number of amides is 4. The second kappa shape index (κ2) is 40.3. The third kappa shape index (κ3) is 23.4. The highest BCUT2D eigenvalue weighted by atomic mass is 32.1. The van der Waals surface area contributed by atoms with Crippen molar-refractivity contribution in [2.24, 2.45) is 0 Å². The van der Waals surface area contributed by atoms with E-state index in [1.54, 1.807) is 53.4 Å². The van der Waals surface area contributed by atoms with Gasteiger partial charge >= 0.3 is 0 Å². The molecule has 8 aromatic carbocycles. The number of aromatic nitrogens is 8. The van der Waals surface area contributed by atoms with Gasteiger partial charge in [0.1, 0.15) is 46.6 Å². The van der Waals surface area contributed by atoms with E-state index >= 15 is 0 Å². The van der Waals surface area contributed by atoms with E-state index in [-0.39, 0.29) is 52.5 Å². The number of nitrogens with zero attached hydrogens (tertiary/aromatic N) is 16. The minimum atomic E-state index is -0.412. The molecule has 4 amide bonds. The van der Waals surface area contributed by atoms with Gasteiger partial charge in [-0.2, -0.15) is 17.5 Å². The summed E-state index contributed by atoms with van der Waals surface area (Å²) < 4.78 is 70.4. The second-order valence-corrected chi connectivity index (χ2v) is 33.6. The van der Waals surface area contributed by atoms with Crippen LogP contribution in [0.1, 0.15) is 151 Å². The maximum atomic E-state index is 13.4. The Labute approximate surface area is 703 Å². The summed E-state index contributed by atoms with van der Waals surface area (Å²) in [5.41, 5.74) is 10.6.